The van der Waals surface area contributed by atoms with Crippen molar-refractivity contribution < 1.29 is 9.53 Å². The summed E-state index contributed by atoms with van der Waals surface area (Å²) in [5.74, 6) is 0.582. The number of carbonyl (C=O) groups excluding carboxylic acids is 1. The van der Waals surface area contributed by atoms with Crippen LogP contribution in [0.15, 0.2) is 54.9 Å². The third-order valence-corrected chi connectivity index (χ3v) is 3.51. The molecular weight excluding hydrogens is 266 g/mol. The van der Waals surface area contributed by atoms with Crippen molar-refractivity contribution in [3.63, 3.8) is 0 Å². The van der Waals surface area contributed by atoms with E-state index in [9.17, 15) is 4.79 Å². The Morgan fingerprint density at radius 3 is 2.29 bits per heavy atom. The molecule has 1 aliphatic rings. The first kappa shape index (κ1) is 13.4. The summed E-state index contributed by atoms with van der Waals surface area (Å²) in [6.07, 6.45) is 3.28. The largest absolute Gasteiger partial charge is 0.415 e. The number of piperazine rings is 1. The van der Waals surface area contributed by atoms with Gasteiger partial charge in [0.15, 0.2) is 0 Å². The predicted octanol–water partition coefficient (Wildman–Crippen LogP) is 2.40. The van der Waals surface area contributed by atoms with E-state index in [1.165, 1.54) is 0 Å². The van der Waals surface area contributed by atoms with Crippen molar-refractivity contribution in [3.05, 3.63) is 54.9 Å². The Morgan fingerprint density at radius 1 is 0.952 bits per heavy atom. The second-order valence-corrected chi connectivity index (χ2v) is 4.86. The lowest BCUT2D eigenvalue weighted by atomic mass is 10.3. The van der Waals surface area contributed by atoms with Crippen LogP contribution in [0.3, 0.4) is 0 Å². The fourth-order valence-corrected chi connectivity index (χ4v) is 2.36. The fourth-order valence-electron chi connectivity index (χ4n) is 2.36. The van der Waals surface area contributed by atoms with Gasteiger partial charge < -0.3 is 14.5 Å². The molecule has 0 radical (unpaired) electrons. The van der Waals surface area contributed by atoms with Crippen molar-refractivity contribution in [2.45, 2.75) is 0 Å². The number of pyridine rings is 1. The summed E-state index contributed by atoms with van der Waals surface area (Å²) in [5.41, 5.74) is 1.14. The van der Waals surface area contributed by atoms with Gasteiger partial charge in [-0.05, 0) is 24.3 Å². The summed E-state index contributed by atoms with van der Waals surface area (Å²) in [4.78, 5) is 20.1. The maximum atomic E-state index is 12.1. The van der Waals surface area contributed by atoms with Crippen LogP contribution in [0.1, 0.15) is 0 Å². The van der Waals surface area contributed by atoms with Crippen molar-refractivity contribution in [2.24, 2.45) is 0 Å². The van der Waals surface area contributed by atoms with Gasteiger partial charge in [0.1, 0.15) is 5.75 Å². The van der Waals surface area contributed by atoms with Gasteiger partial charge in [-0.25, -0.2) is 4.79 Å². The van der Waals surface area contributed by atoms with Gasteiger partial charge >= 0.3 is 6.09 Å². The SMILES string of the molecule is O=C(Oc1ccccc1)N1CCN(c2ccncc2)CC1. The van der Waals surface area contributed by atoms with Crippen LogP contribution < -0.4 is 9.64 Å². The first-order valence-corrected chi connectivity index (χ1v) is 7.00. The number of para-hydroxylation sites is 1. The number of carbonyl (C=O) groups is 1. The number of ether oxygens (including phenoxy) is 1. The third kappa shape index (κ3) is 3.31. The molecule has 3 rings (SSSR count). The molecule has 1 amide bonds. The highest BCUT2D eigenvalue weighted by molar-refractivity contribution is 5.71. The van der Waals surface area contributed by atoms with Gasteiger partial charge in [-0.15, -0.1) is 0 Å². The Morgan fingerprint density at radius 2 is 1.62 bits per heavy atom. The second kappa shape index (κ2) is 6.26. The zero-order chi connectivity index (χ0) is 14.5. The minimum Gasteiger partial charge on any atom is -0.410 e. The number of hydrogen-bond donors (Lipinski definition) is 0. The number of aromatic nitrogens is 1. The van der Waals surface area contributed by atoms with Crippen LogP contribution in [0.4, 0.5) is 10.5 Å². The van der Waals surface area contributed by atoms with Crippen molar-refractivity contribution in [3.8, 4) is 5.75 Å². The Labute approximate surface area is 123 Å². The smallest absolute Gasteiger partial charge is 0.410 e. The molecule has 5 nitrogen and oxygen atoms in total. The maximum absolute atomic E-state index is 12.1. The lowest BCUT2D eigenvalue weighted by molar-refractivity contribution is 0.149. The summed E-state index contributed by atoms with van der Waals surface area (Å²) in [5, 5.41) is 0. The Hall–Kier alpha value is -2.56. The zero-order valence-electron chi connectivity index (χ0n) is 11.7. The molecule has 21 heavy (non-hydrogen) atoms. The standard InChI is InChI=1S/C16H17N3O2/c20-16(21-15-4-2-1-3-5-15)19-12-10-18(11-13-19)14-6-8-17-9-7-14/h1-9H,10-13H2. The minimum atomic E-state index is -0.282. The monoisotopic (exact) mass is 283 g/mol. The molecule has 1 aromatic carbocycles. The molecule has 1 aromatic heterocycles. The molecule has 0 saturated carbocycles. The Kier molecular flexibility index (Phi) is 4.00. The van der Waals surface area contributed by atoms with E-state index in [2.05, 4.69) is 9.88 Å². The number of rotatable bonds is 2. The molecule has 5 heteroatoms. The second-order valence-electron chi connectivity index (χ2n) is 4.86. The molecule has 2 heterocycles. The first-order valence-electron chi connectivity index (χ1n) is 7.00. The minimum absolute atomic E-state index is 0.282. The fraction of sp³-hybridized carbons (Fsp3) is 0.250. The zero-order valence-corrected chi connectivity index (χ0v) is 11.7. The van der Waals surface area contributed by atoms with Gasteiger partial charge in [0.2, 0.25) is 0 Å². The van der Waals surface area contributed by atoms with Crippen molar-refractivity contribution in [1.29, 1.82) is 0 Å². The van der Waals surface area contributed by atoms with E-state index in [1.807, 2.05) is 30.3 Å². The number of amides is 1. The maximum Gasteiger partial charge on any atom is 0.415 e. The summed E-state index contributed by atoms with van der Waals surface area (Å²) in [6, 6.07) is 13.1. The molecule has 0 bridgehead atoms. The molecule has 1 fully saturated rings. The Balaban J connectivity index is 1.55. The number of anilines is 1. The van der Waals surface area contributed by atoms with Gasteiger partial charge in [-0.2, -0.15) is 0 Å². The molecule has 1 aliphatic heterocycles. The first-order chi connectivity index (χ1) is 10.3. The van der Waals surface area contributed by atoms with Crippen LogP contribution in [-0.4, -0.2) is 42.2 Å². The van der Waals surface area contributed by atoms with Gasteiger partial charge in [-0.3, -0.25) is 4.98 Å². The molecule has 108 valence electrons. The highest BCUT2D eigenvalue weighted by Crippen LogP contribution is 2.16. The van der Waals surface area contributed by atoms with Crippen molar-refractivity contribution in [1.82, 2.24) is 9.88 Å². The molecule has 0 spiro atoms. The van der Waals surface area contributed by atoms with Crippen LogP contribution in [0, 0.1) is 0 Å². The number of benzene rings is 1. The molecule has 0 atom stereocenters. The van der Waals surface area contributed by atoms with E-state index in [4.69, 9.17) is 4.74 Å². The quantitative estimate of drug-likeness (QED) is 0.849. The molecule has 0 aliphatic carbocycles. The van der Waals surface area contributed by atoms with E-state index < -0.39 is 0 Å². The summed E-state index contributed by atoms with van der Waals surface area (Å²) >= 11 is 0. The van der Waals surface area contributed by atoms with Crippen LogP contribution in [-0.2, 0) is 0 Å². The topological polar surface area (TPSA) is 45.7 Å². The van der Waals surface area contributed by atoms with E-state index in [1.54, 1.807) is 29.4 Å². The van der Waals surface area contributed by atoms with Crippen LogP contribution in [0.5, 0.6) is 5.75 Å². The predicted molar refractivity (Wildman–Crippen MR) is 80.5 cm³/mol. The normalized spacial score (nSPS) is 14.9. The van der Waals surface area contributed by atoms with Crippen LogP contribution in [0.25, 0.3) is 0 Å². The van der Waals surface area contributed by atoms with Gasteiger partial charge in [0.05, 0.1) is 0 Å². The molecular formula is C16H17N3O2. The number of nitrogens with zero attached hydrogens (tertiary/aromatic N) is 3. The van der Waals surface area contributed by atoms with Crippen LogP contribution >= 0.6 is 0 Å². The van der Waals surface area contributed by atoms with Gasteiger partial charge in [0, 0.05) is 44.3 Å². The van der Waals surface area contributed by atoms with Crippen molar-refractivity contribution >= 4 is 11.8 Å². The average molecular weight is 283 g/mol. The van der Waals surface area contributed by atoms with Crippen molar-refractivity contribution in [2.75, 3.05) is 31.1 Å². The molecule has 1 saturated heterocycles. The van der Waals surface area contributed by atoms with Gasteiger partial charge in [0.25, 0.3) is 0 Å². The van der Waals surface area contributed by atoms with E-state index >= 15 is 0 Å². The van der Waals surface area contributed by atoms with E-state index in [-0.39, 0.29) is 6.09 Å². The van der Waals surface area contributed by atoms with E-state index in [0.717, 1.165) is 18.8 Å². The highest BCUT2D eigenvalue weighted by Gasteiger charge is 2.22. The molecule has 0 N–H and O–H groups in total. The summed E-state index contributed by atoms with van der Waals surface area (Å²) < 4.78 is 5.35. The van der Waals surface area contributed by atoms with Crippen LogP contribution in [0.2, 0.25) is 0 Å². The summed E-state index contributed by atoms with van der Waals surface area (Å²) in [7, 11) is 0. The summed E-state index contributed by atoms with van der Waals surface area (Å²) in [6.45, 7) is 2.92. The lowest BCUT2D eigenvalue weighted by Gasteiger charge is -2.35. The lowest BCUT2D eigenvalue weighted by Crippen LogP contribution is -2.49. The Bertz CT molecular complexity index is 581. The average Bonchev–Trinajstić information content (AvgIpc) is 2.57. The highest BCUT2D eigenvalue weighted by atomic mass is 16.6. The molecule has 0 unspecified atom stereocenters. The molecule has 2 aromatic rings. The number of hydrogen-bond acceptors (Lipinski definition) is 4. The van der Waals surface area contributed by atoms with E-state index in [0.29, 0.717) is 18.8 Å². The third-order valence-electron chi connectivity index (χ3n) is 3.51. The van der Waals surface area contributed by atoms with Gasteiger partial charge in [-0.1, -0.05) is 18.2 Å².